The zero-order valence-electron chi connectivity index (χ0n) is 21.4. The molecule has 1 amide bonds. The van der Waals surface area contributed by atoms with Crippen molar-refractivity contribution in [2.75, 3.05) is 19.5 Å². The molecule has 0 unspecified atom stereocenters. The van der Waals surface area contributed by atoms with Crippen LogP contribution in [0.1, 0.15) is 27.0 Å². The maximum atomic E-state index is 13.7. The molecule has 0 radical (unpaired) electrons. The average molecular weight is 527 g/mol. The summed E-state index contributed by atoms with van der Waals surface area (Å²) in [5.74, 6) is 0.273. The second-order valence-electron chi connectivity index (χ2n) is 8.38. The SMILES string of the molecule is CN[S@+]([O-])c1cccc(NC(=O)c2c(Oc3ccc(C#N)cc3OC)ncc(-c3ccc(C)cc3)c2C)c1. The summed E-state index contributed by atoms with van der Waals surface area (Å²) in [6, 6.07) is 21.5. The highest BCUT2D eigenvalue weighted by atomic mass is 32.2. The molecule has 9 heteroatoms. The molecule has 0 fully saturated rings. The van der Waals surface area contributed by atoms with Gasteiger partial charge in [0, 0.05) is 36.6 Å². The van der Waals surface area contributed by atoms with Gasteiger partial charge in [0.05, 0.1) is 30.1 Å². The minimum Gasteiger partial charge on any atom is -0.593 e. The third-order valence-corrected chi connectivity index (χ3v) is 6.94. The van der Waals surface area contributed by atoms with Crippen LogP contribution in [-0.4, -0.2) is 29.6 Å². The molecule has 8 nitrogen and oxygen atoms in total. The molecule has 0 spiro atoms. The summed E-state index contributed by atoms with van der Waals surface area (Å²) in [5.41, 5.74) is 4.57. The molecule has 0 saturated carbocycles. The van der Waals surface area contributed by atoms with Crippen LogP contribution in [0.4, 0.5) is 5.69 Å². The van der Waals surface area contributed by atoms with Crippen LogP contribution < -0.4 is 19.5 Å². The van der Waals surface area contributed by atoms with Crippen molar-refractivity contribution < 1.29 is 18.8 Å². The number of pyridine rings is 1. The molecule has 1 atom stereocenters. The number of anilines is 1. The van der Waals surface area contributed by atoms with Crippen molar-refractivity contribution in [1.29, 1.82) is 5.26 Å². The molecular weight excluding hydrogens is 500 g/mol. The van der Waals surface area contributed by atoms with Crippen molar-refractivity contribution in [3.63, 3.8) is 0 Å². The van der Waals surface area contributed by atoms with Crippen LogP contribution in [0.2, 0.25) is 0 Å². The first-order valence-corrected chi connectivity index (χ1v) is 12.8. The molecule has 1 heterocycles. The zero-order chi connectivity index (χ0) is 27.2. The summed E-state index contributed by atoms with van der Waals surface area (Å²) in [7, 11) is 3.06. The van der Waals surface area contributed by atoms with Crippen LogP contribution in [0.3, 0.4) is 0 Å². The number of hydrogen-bond donors (Lipinski definition) is 2. The highest BCUT2D eigenvalue weighted by molar-refractivity contribution is 7.89. The van der Waals surface area contributed by atoms with E-state index in [1.807, 2.05) is 38.1 Å². The number of nitrogens with zero attached hydrogens (tertiary/aromatic N) is 2. The van der Waals surface area contributed by atoms with Gasteiger partial charge in [0.1, 0.15) is 5.56 Å². The first kappa shape index (κ1) is 26.7. The van der Waals surface area contributed by atoms with E-state index >= 15 is 0 Å². The lowest BCUT2D eigenvalue weighted by Gasteiger charge is -2.17. The fourth-order valence-electron chi connectivity index (χ4n) is 3.87. The fourth-order valence-corrected chi connectivity index (χ4v) is 4.55. The van der Waals surface area contributed by atoms with Gasteiger partial charge in [-0.3, -0.25) is 4.79 Å². The van der Waals surface area contributed by atoms with Gasteiger partial charge in [0.25, 0.3) is 5.91 Å². The summed E-state index contributed by atoms with van der Waals surface area (Å²) >= 11 is -1.41. The second kappa shape index (κ2) is 11.8. The lowest BCUT2D eigenvalue weighted by Crippen LogP contribution is -2.19. The number of aromatic nitrogens is 1. The van der Waals surface area contributed by atoms with Gasteiger partial charge in [-0.2, -0.15) is 5.26 Å². The third-order valence-electron chi connectivity index (χ3n) is 5.88. The summed E-state index contributed by atoms with van der Waals surface area (Å²) in [5, 5.41) is 12.1. The summed E-state index contributed by atoms with van der Waals surface area (Å²) in [4.78, 5) is 18.7. The number of rotatable bonds is 8. The van der Waals surface area contributed by atoms with Gasteiger partial charge in [-0.15, -0.1) is 4.72 Å². The Bertz CT molecular complexity index is 1520. The lowest BCUT2D eigenvalue weighted by molar-refractivity contribution is 0.102. The van der Waals surface area contributed by atoms with Crippen molar-refractivity contribution >= 4 is 23.0 Å². The number of carbonyl (C=O) groups is 1. The van der Waals surface area contributed by atoms with Gasteiger partial charge in [0.2, 0.25) is 5.88 Å². The quantitative estimate of drug-likeness (QED) is 0.290. The number of nitriles is 1. The number of aryl methyl sites for hydroxylation is 1. The maximum absolute atomic E-state index is 13.7. The zero-order valence-corrected chi connectivity index (χ0v) is 22.2. The maximum Gasteiger partial charge on any atom is 0.261 e. The van der Waals surface area contributed by atoms with Gasteiger partial charge in [-0.25, -0.2) is 4.98 Å². The Morgan fingerprint density at radius 1 is 1.05 bits per heavy atom. The lowest BCUT2D eigenvalue weighted by atomic mass is 9.97. The Hall–Kier alpha value is -4.36. The Morgan fingerprint density at radius 2 is 1.82 bits per heavy atom. The van der Waals surface area contributed by atoms with E-state index in [0.29, 0.717) is 33.2 Å². The molecular formula is C29H26N4O4S. The van der Waals surface area contributed by atoms with E-state index in [2.05, 4.69) is 21.1 Å². The first-order chi connectivity index (χ1) is 18.3. The van der Waals surface area contributed by atoms with Crippen molar-refractivity contribution in [1.82, 2.24) is 9.71 Å². The fraction of sp³-hybridized carbons (Fsp3) is 0.138. The molecule has 0 aliphatic carbocycles. The van der Waals surface area contributed by atoms with Gasteiger partial charge < -0.3 is 19.3 Å². The summed E-state index contributed by atoms with van der Waals surface area (Å²) < 4.78 is 26.4. The highest BCUT2D eigenvalue weighted by Gasteiger charge is 2.23. The Balaban J connectivity index is 1.79. The average Bonchev–Trinajstić information content (AvgIpc) is 2.93. The first-order valence-electron chi connectivity index (χ1n) is 11.7. The predicted octanol–water partition coefficient (Wildman–Crippen LogP) is 5.53. The Morgan fingerprint density at radius 3 is 2.50 bits per heavy atom. The molecule has 4 aromatic rings. The van der Waals surface area contributed by atoms with Crippen LogP contribution in [-0.2, 0) is 11.4 Å². The van der Waals surface area contributed by atoms with Crippen molar-refractivity contribution in [3.8, 4) is 34.6 Å². The Kier molecular flexibility index (Phi) is 8.28. The molecule has 0 bridgehead atoms. The standard InChI is InChI=1S/C29H26N4O4S/c1-18-8-11-21(12-9-18)24-17-32-29(37-25-13-10-20(16-30)14-26(25)36-4)27(19(24)2)28(34)33-22-6-5-7-23(15-22)38(35)31-3/h5-15,17,31H,1-4H3,(H,33,34)/t38-/m1/s1. The largest absolute Gasteiger partial charge is 0.593 e. The normalized spacial score (nSPS) is 11.4. The van der Waals surface area contributed by atoms with E-state index in [0.717, 1.165) is 16.7 Å². The predicted molar refractivity (Wildman–Crippen MR) is 147 cm³/mol. The second-order valence-corrected chi connectivity index (χ2v) is 9.79. The number of methoxy groups -OCH3 is 1. The van der Waals surface area contributed by atoms with Gasteiger partial charge in [0.15, 0.2) is 16.4 Å². The summed E-state index contributed by atoms with van der Waals surface area (Å²) in [6.45, 7) is 3.84. The van der Waals surface area contributed by atoms with E-state index in [9.17, 15) is 14.6 Å². The highest BCUT2D eigenvalue weighted by Crippen LogP contribution is 2.36. The van der Waals surface area contributed by atoms with Gasteiger partial charge in [-0.05, 0) is 49.2 Å². The topological polar surface area (TPSA) is 119 Å². The number of carbonyl (C=O) groups excluding carboxylic acids is 1. The smallest absolute Gasteiger partial charge is 0.261 e. The van der Waals surface area contributed by atoms with Crippen molar-refractivity contribution in [2.24, 2.45) is 0 Å². The number of benzene rings is 3. The van der Waals surface area contributed by atoms with E-state index in [-0.39, 0.29) is 11.4 Å². The monoisotopic (exact) mass is 526 g/mol. The summed E-state index contributed by atoms with van der Waals surface area (Å²) in [6.07, 6.45) is 1.67. The number of nitrogens with one attached hydrogen (secondary N) is 2. The Labute approximate surface area is 224 Å². The van der Waals surface area contributed by atoms with Crippen molar-refractivity contribution in [3.05, 3.63) is 95.2 Å². The molecule has 1 aromatic heterocycles. The third kappa shape index (κ3) is 5.79. The molecule has 0 aliphatic rings. The number of hydrogen-bond acceptors (Lipinski definition) is 7. The molecule has 0 saturated heterocycles. The number of ether oxygens (including phenoxy) is 2. The minimum absolute atomic E-state index is 0.0776. The van der Waals surface area contributed by atoms with Crippen LogP contribution in [0.15, 0.2) is 77.8 Å². The molecule has 38 heavy (non-hydrogen) atoms. The molecule has 2 N–H and O–H groups in total. The van der Waals surface area contributed by atoms with Gasteiger partial charge in [-0.1, -0.05) is 35.9 Å². The van der Waals surface area contributed by atoms with Crippen LogP contribution in [0.25, 0.3) is 11.1 Å². The van der Waals surface area contributed by atoms with E-state index < -0.39 is 17.3 Å². The molecule has 4 rings (SSSR count). The van der Waals surface area contributed by atoms with Crippen LogP contribution in [0, 0.1) is 25.2 Å². The molecule has 0 aliphatic heterocycles. The van der Waals surface area contributed by atoms with Crippen LogP contribution in [0.5, 0.6) is 17.4 Å². The van der Waals surface area contributed by atoms with E-state index in [1.54, 1.807) is 55.7 Å². The van der Waals surface area contributed by atoms with Crippen LogP contribution >= 0.6 is 0 Å². The van der Waals surface area contributed by atoms with Crippen molar-refractivity contribution in [2.45, 2.75) is 18.7 Å². The van der Waals surface area contributed by atoms with Gasteiger partial charge >= 0.3 is 0 Å². The molecule has 192 valence electrons. The van der Waals surface area contributed by atoms with E-state index in [4.69, 9.17) is 9.47 Å². The number of amides is 1. The minimum atomic E-state index is -1.41. The molecule has 3 aromatic carbocycles. The van der Waals surface area contributed by atoms with E-state index in [1.165, 1.54) is 7.11 Å².